The molecule has 0 atom stereocenters. The number of anilines is 1. The van der Waals surface area contributed by atoms with E-state index in [4.69, 9.17) is 15.2 Å². The Morgan fingerprint density at radius 3 is 2.50 bits per heavy atom. The van der Waals surface area contributed by atoms with Crippen molar-refractivity contribution in [3.63, 3.8) is 0 Å². The number of hydrogen-bond donors (Lipinski definition) is 2. The first kappa shape index (κ1) is 22.9. The highest BCUT2D eigenvalue weighted by Crippen LogP contribution is 2.37. The highest BCUT2D eigenvalue weighted by molar-refractivity contribution is 9.10. The van der Waals surface area contributed by atoms with Crippen LogP contribution >= 0.6 is 15.9 Å². The van der Waals surface area contributed by atoms with E-state index in [1.54, 1.807) is 6.92 Å². The minimum Gasteiger partial charge on any atom is -0.490 e. The second kappa shape index (κ2) is 9.60. The summed E-state index contributed by atoms with van der Waals surface area (Å²) in [5.41, 5.74) is 5.26. The van der Waals surface area contributed by atoms with Crippen LogP contribution in [0.15, 0.2) is 46.4 Å². The van der Waals surface area contributed by atoms with Crippen LogP contribution in [0, 0.1) is 5.82 Å². The largest absolute Gasteiger partial charge is 0.490 e. The molecule has 2 aromatic rings. The monoisotopic (exact) mass is 505 g/mol. The third-order valence-corrected chi connectivity index (χ3v) is 4.78. The molecule has 166 valence electrons. The Balaban J connectivity index is 2.00. The Morgan fingerprint density at radius 1 is 1.19 bits per heavy atom. The summed E-state index contributed by atoms with van der Waals surface area (Å²) >= 11 is 3.31. The fraction of sp³-hybridized carbons (Fsp3) is 0.143. The standard InChI is InChI=1S/C21H17BrFN3O6/c1-2-31-16-9-11(8-15(22)18(16)32-10-17(24)27)7-14-19(28)25-21(30)26(20(14)29)13-5-3-12(23)4-6-13/h3-9H,2,10H2,1H3,(H2,24,27)(H,25,28,30)/b14-7+. The Kier molecular flexibility index (Phi) is 6.89. The molecule has 0 aliphatic carbocycles. The van der Waals surface area contributed by atoms with E-state index in [-0.39, 0.29) is 36.0 Å². The van der Waals surface area contributed by atoms with Crippen molar-refractivity contribution in [2.45, 2.75) is 6.92 Å². The van der Waals surface area contributed by atoms with Gasteiger partial charge in [0.25, 0.3) is 17.7 Å². The molecule has 5 amide bonds. The topological polar surface area (TPSA) is 128 Å². The molecule has 0 radical (unpaired) electrons. The Morgan fingerprint density at radius 2 is 1.88 bits per heavy atom. The Bertz CT molecular complexity index is 1130. The van der Waals surface area contributed by atoms with E-state index in [1.165, 1.54) is 30.3 Å². The lowest BCUT2D eigenvalue weighted by molar-refractivity contribution is -0.123. The van der Waals surface area contributed by atoms with Crippen LogP contribution in [0.4, 0.5) is 14.9 Å². The predicted molar refractivity (Wildman–Crippen MR) is 115 cm³/mol. The molecule has 1 aliphatic rings. The molecular weight excluding hydrogens is 489 g/mol. The fourth-order valence-electron chi connectivity index (χ4n) is 2.87. The van der Waals surface area contributed by atoms with Gasteiger partial charge in [0.15, 0.2) is 18.1 Å². The van der Waals surface area contributed by atoms with E-state index in [2.05, 4.69) is 21.2 Å². The number of carbonyl (C=O) groups excluding carboxylic acids is 4. The first-order chi connectivity index (χ1) is 15.2. The summed E-state index contributed by atoms with van der Waals surface area (Å²) in [6, 6.07) is 6.75. The number of hydrogen-bond acceptors (Lipinski definition) is 6. The average molecular weight is 506 g/mol. The van der Waals surface area contributed by atoms with Gasteiger partial charge in [-0.1, -0.05) is 0 Å². The third kappa shape index (κ3) is 4.94. The van der Waals surface area contributed by atoms with Crippen LogP contribution < -0.4 is 25.4 Å². The van der Waals surface area contributed by atoms with Gasteiger partial charge in [-0.15, -0.1) is 0 Å². The molecule has 1 fully saturated rings. The highest BCUT2D eigenvalue weighted by atomic mass is 79.9. The molecule has 11 heteroatoms. The van der Waals surface area contributed by atoms with Crippen LogP contribution in [-0.4, -0.2) is 37.0 Å². The van der Waals surface area contributed by atoms with E-state index in [0.29, 0.717) is 10.0 Å². The van der Waals surface area contributed by atoms with Crippen molar-refractivity contribution in [2.75, 3.05) is 18.1 Å². The van der Waals surface area contributed by atoms with Crippen molar-refractivity contribution in [3.05, 3.63) is 57.8 Å². The second-order valence-corrected chi connectivity index (χ2v) is 7.31. The molecule has 3 rings (SSSR count). The van der Waals surface area contributed by atoms with Crippen molar-refractivity contribution in [1.82, 2.24) is 5.32 Å². The lowest BCUT2D eigenvalue weighted by atomic mass is 10.1. The number of ether oxygens (including phenoxy) is 2. The van der Waals surface area contributed by atoms with Crippen LogP contribution in [0.25, 0.3) is 6.08 Å². The molecule has 0 saturated carbocycles. The van der Waals surface area contributed by atoms with Crippen LogP contribution in [0.5, 0.6) is 11.5 Å². The number of amides is 5. The zero-order valence-electron chi connectivity index (χ0n) is 16.7. The van der Waals surface area contributed by atoms with E-state index < -0.39 is 29.6 Å². The van der Waals surface area contributed by atoms with Crippen LogP contribution in [0.3, 0.4) is 0 Å². The summed E-state index contributed by atoms with van der Waals surface area (Å²) in [6.45, 7) is 1.63. The molecule has 3 N–H and O–H groups in total. The number of nitrogens with one attached hydrogen (secondary N) is 1. The number of imide groups is 2. The molecule has 9 nitrogen and oxygen atoms in total. The highest BCUT2D eigenvalue weighted by Gasteiger charge is 2.36. The van der Waals surface area contributed by atoms with Crippen molar-refractivity contribution in [3.8, 4) is 11.5 Å². The van der Waals surface area contributed by atoms with Gasteiger partial charge in [-0.2, -0.15) is 0 Å². The maximum atomic E-state index is 13.2. The molecule has 0 unspecified atom stereocenters. The van der Waals surface area contributed by atoms with Crippen LogP contribution in [0.2, 0.25) is 0 Å². The zero-order valence-corrected chi connectivity index (χ0v) is 18.3. The molecule has 0 bridgehead atoms. The average Bonchev–Trinajstić information content (AvgIpc) is 2.72. The summed E-state index contributed by atoms with van der Waals surface area (Å²) in [5.74, 6) is -2.53. The Labute approximate surface area is 190 Å². The first-order valence-corrected chi connectivity index (χ1v) is 10.0. The van der Waals surface area contributed by atoms with Gasteiger partial charge in [0, 0.05) is 0 Å². The minimum atomic E-state index is -0.949. The van der Waals surface area contributed by atoms with Gasteiger partial charge in [-0.05, 0) is 70.9 Å². The second-order valence-electron chi connectivity index (χ2n) is 6.45. The van der Waals surface area contributed by atoms with Gasteiger partial charge in [0.05, 0.1) is 16.8 Å². The van der Waals surface area contributed by atoms with Gasteiger partial charge in [-0.3, -0.25) is 19.7 Å². The molecule has 0 spiro atoms. The Hall–Kier alpha value is -3.73. The van der Waals surface area contributed by atoms with Gasteiger partial charge in [-0.25, -0.2) is 14.1 Å². The predicted octanol–water partition coefficient (Wildman–Crippen LogP) is 2.52. The first-order valence-electron chi connectivity index (χ1n) is 9.25. The summed E-state index contributed by atoms with van der Waals surface area (Å²) in [4.78, 5) is 49.3. The van der Waals surface area contributed by atoms with E-state index in [9.17, 15) is 23.6 Å². The smallest absolute Gasteiger partial charge is 0.335 e. The SMILES string of the molecule is CCOc1cc(/C=C2\C(=O)NC(=O)N(c3ccc(F)cc3)C2=O)cc(Br)c1OCC(N)=O. The number of rotatable bonds is 7. The number of halogens is 2. The summed E-state index contributed by atoms with van der Waals surface area (Å²) < 4.78 is 24.5. The molecule has 1 aliphatic heterocycles. The number of barbiturate groups is 1. The molecule has 32 heavy (non-hydrogen) atoms. The molecule has 1 saturated heterocycles. The van der Waals surface area contributed by atoms with E-state index in [0.717, 1.165) is 17.0 Å². The summed E-state index contributed by atoms with van der Waals surface area (Å²) in [5, 5.41) is 2.09. The summed E-state index contributed by atoms with van der Waals surface area (Å²) in [6.07, 6.45) is 1.27. The summed E-state index contributed by atoms with van der Waals surface area (Å²) in [7, 11) is 0. The lowest BCUT2D eigenvalue weighted by Gasteiger charge is -2.26. The molecule has 2 aromatic carbocycles. The van der Waals surface area contributed by atoms with Gasteiger partial charge in [0.2, 0.25) is 0 Å². The lowest BCUT2D eigenvalue weighted by Crippen LogP contribution is -2.54. The number of nitrogens with zero attached hydrogens (tertiary/aromatic N) is 1. The molecule has 1 heterocycles. The van der Waals surface area contributed by atoms with Crippen LogP contribution in [-0.2, 0) is 14.4 Å². The number of carbonyl (C=O) groups is 4. The van der Waals surface area contributed by atoms with Crippen LogP contribution in [0.1, 0.15) is 12.5 Å². The number of nitrogens with two attached hydrogens (primary N) is 1. The third-order valence-electron chi connectivity index (χ3n) is 4.19. The van der Waals surface area contributed by atoms with Crippen molar-refractivity contribution in [2.24, 2.45) is 5.73 Å². The van der Waals surface area contributed by atoms with Gasteiger partial charge < -0.3 is 15.2 Å². The quantitative estimate of drug-likeness (QED) is 0.439. The normalized spacial score (nSPS) is 15.0. The number of primary amides is 1. The number of urea groups is 1. The van der Waals surface area contributed by atoms with E-state index in [1.807, 2.05) is 0 Å². The van der Waals surface area contributed by atoms with Crippen molar-refractivity contribution in [1.29, 1.82) is 0 Å². The maximum absolute atomic E-state index is 13.2. The minimum absolute atomic E-state index is 0.0960. The zero-order chi connectivity index (χ0) is 23.4. The van der Waals surface area contributed by atoms with Gasteiger partial charge in [0.1, 0.15) is 11.4 Å². The fourth-order valence-corrected chi connectivity index (χ4v) is 3.44. The van der Waals surface area contributed by atoms with E-state index >= 15 is 0 Å². The number of benzene rings is 2. The molecule has 0 aromatic heterocycles. The molecular formula is C21H17BrFN3O6. The van der Waals surface area contributed by atoms with Gasteiger partial charge >= 0.3 is 6.03 Å². The maximum Gasteiger partial charge on any atom is 0.335 e. The van der Waals surface area contributed by atoms with Crippen molar-refractivity contribution < 1.29 is 33.0 Å². The van der Waals surface area contributed by atoms with Crippen molar-refractivity contribution >= 4 is 51.4 Å².